The number of nitrogens with zero attached hydrogens (tertiary/aromatic N) is 1. The normalized spacial score (nSPS) is 31.0. The summed E-state index contributed by atoms with van der Waals surface area (Å²) in [6.07, 6.45) is 3.79. The van der Waals surface area contributed by atoms with Crippen LogP contribution in [0.5, 0.6) is 0 Å². The molecule has 0 unspecified atom stereocenters. The Labute approximate surface area is 136 Å². The van der Waals surface area contributed by atoms with Gasteiger partial charge in [0.2, 0.25) is 0 Å². The standard InChI is InChI=1S/C17H23ClN2O2/c1-2-17(22)9-3-4-12-10-20(11-15(12)17)16(21)19-14-7-5-13(18)6-8-14/h5-8,12,15,22H,2-4,9-11H2,1H3,(H,19,21)/t12-,15+,17-/m1/s1. The molecule has 4 nitrogen and oxygen atoms in total. The van der Waals surface area contributed by atoms with E-state index in [4.69, 9.17) is 11.6 Å². The summed E-state index contributed by atoms with van der Waals surface area (Å²) < 4.78 is 0. The number of anilines is 1. The minimum absolute atomic E-state index is 0.0878. The molecule has 1 aromatic carbocycles. The maximum atomic E-state index is 12.4. The average molecular weight is 323 g/mol. The Morgan fingerprint density at radius 2 is 2.14 bits per heavy atom. The van der Waals surface area contributed by atoms with Crippen molar-refractivity contribution in [1.82, 2.24) is 4.90 Å². The Morgan fingerprint density at radius 3 is 2.82 bits per heavy atom. The van der Waals surface area contributed by atoms with E-state index in [1.807, 2.05) is 11.8 Å². The van der Waals surface area contributed by atoms with E-state index in [0.717, 1.165) is 37.9 Å². The van der Waals surface area contributed by atoms with Crippen molar-refractivity contribution in [2.45, 2.75) is 38.2 Å². The Bertz CT molecular complexity index is 548. The number of amides is 2. The molecule has 120 valence electrons. The van der Waals surface area contributed by atoms with E-state index >= 15 is 0 Å². The third-order valence-corrected chi connectivity index (χ3v) is 5.56. The van der Waals surface area contributed by atoms with Crippen molar-refractivity contribution < 1.29 is 9.90 Å². The fraction of sp³-hybridized carbons (Fsp3) is 0.588. The van der Waals surface area contributed by atoms with Crippen LogP contribution in [0.4, 0.5) is 10.5 Å². The van der Waals surface area contributed by atoms with Crippen molar-refractivity contribution in [2.24, 2.45) is 11.8 Å². The number of fused-ring (bicyclic) bond motifs is 1. The number of carbonyl (C=O) groups excluding carboxylic acids is 1. The topological polar surface area (TPSA) is 52.6 Å². The minimum Gasteiger partial charge on any atom is -0.390 e. The first-order valence-electron chi connectivity index (χ1n) is 8.06. The van der Waals surface area contributed by atoms with Crippen LogP contribution in [0, 0.1) is 11.8 Å². The molecule has 1 aliphatic heterocycles. The van der Waals surface area contributed by atoms with Crippen molar-refractivity contribution in [3.63, 3.8) is 0 Å². The summed E-state index contributed by atoms with van der Waals surface area (Å²) in [5.41, 5.74) is 0.146. The van der Waals surface area contributed by atoms with Crippen LogP contribution in [-0.2, 0) is 0 Å². The Kier molecular flexibility index (Phi) is 4.33. The smallest absolute Gasteiger partial charge is 0.321 e. The lowest BCUT2D eigenvalue weighted by molar-refractivity contribution is -0.0607. The largest absolute Gasteiger partial charge is 0.390 e. The molecule has 2 N–H and O–H groups in total. The summed E-state index contributed by atoms with van der Waals surface area (Å²) in [5.74, 6) is 0.636. The Hall–Kier alpha value is -1.26. The molecule has 2 amide bonds. The molecule has 2 fully saturated rings. The molecule has 1 aliphatic carbocycles. The first-order valence-corrected chi connectivity index (χ1v) is 8.43. The molecule has 1 saturated heterocycles. The lowest BCUT2D eigenvalue weighted by Crippen LogP contribution is -2.44. The van der Waals surface area contributed by atoms with Gasteiger partial charge < -0.3 is 15.3 Å². The summed E-state index contributed by atoms with van der Waals surface area (Å²) in [4.78, 5) is 14.3. The second-order valence-electron chi connectivity index (χ2n) is 6.56. The number of aliphatic hydroxyl groups is 1. The zero-order valence-corrected chi connectivity index (χ0v) is 13.6. The molecule has 1 heterocycles. The van der Waals surface area contributed by atoms with Crippen LogP contribution >= 0.6 is 11.6 Å². The van der Waals surface area contributed by atoms with E-state index in [2.05, 4.69) is 5.32 Å². The van der Waals surface area contributed by atoms with Crippen molar-refractivity contribution in [2.75, 3.05) is 18.4 Å². The van der Waals surface area contributed by atoms with Crippen LogP contribution in [-0.4, -0.2) is 34.7 Å². The molecule has 0 radical (unpaired) electrons. The average Bonchev–Trinajstić information content (AvgIpc) is 2.96. The minimum atomic E-state index is -0.599. The van der Waals surface area contributed by atoms with Gasteiger partial charge in [0.1, 0.15) is 0 Å². The second kappa shape index (κ2) is 6.09. The highest BCUT2D eigenvalue weighted by molar-refractivity contribution is 6.30. The fourth-order valence-corrected chi connectivity index (χ4v) is 4.09. The molecule has 0 aromatic heterocycles. The van der Waals surface area contributed by atoms with Gasteiger partial charge in [0.25, 0.3) is 0 Å². The van der Waals surface area contributed by atoms with E-state index in [1.54, 1.807) is 24.3 Å². The number of urea groups is 1. The fourth-order valence-electron chi connectivity index (χ4n) is 3.97. The van der Waals surface area contributed by atoms with Gasteiger partial charge in [-0.15, -0.1) is 0 Å². The van der Waals surface area contributed by atoms with Crippen molar-refractivity contribution in [3.05, 3.63) is 29.3 Å². The van der Waals surface area contributed by atoms with Gasteiger partial charge in [-0.1, -0.05) is 24.9 Å². The summed E-state index contributed by atoms with van der Waals surface area (Å²) in [6, 6.07) is 7.03. The summed E-state index contributed by atoms with van der Waals surface area (Å²) in [6.45, 7) is 3.43. The third-order valence-electron chi connectivity index (χ3n) is 5.31. The molecule has 2 aliphatic rings. The Morgan fingerprint density at radius 1 is 1.41 bits per heavy atom. The predicted molar refractivity (Wildman–Crippen MR) is 88.1 cm³/mol. The van der Waals surface area contributed by atoms with Gasteiger partial charge in [-0.05, 0) is 49.4 Å². The van der Waals surface area contributed by atoms with E-state index in [-0.39, 0.29) is 11.9 Å². The van der Waals surface area contributed by atoms with Gasteiger partial charge >= 0.3 is 6.03 Å². The van der Waals surface area contributed by atoms with Crippen molar-refractivity contribution >= 4 is 23.3 Å². The second-order valence-corrected chi connectivity index (χ2v) is 6.99. The van der Waals surface area contributed by atoms with Gasteiger partial charge in [0, 0.05) is 29.7 Å². The molecule has 3 rings (SSSR count). The SMILES string of the molecule is CC[C@@]1(O)CCC[C@@H]2CN(C(=O)Nc3ccc(Cl)cc3)C[C@@H]21. The number of benzene rings is 1. The van der Waals surface area contributed by atoms with Gasteiger partial charge in [-0.3, -0.25) is 0 Å². The monoisotopic (exact) mass is 322 g/mol. The molecule has 1 aromatic rings. The lowest BCUT2D eigenvalue weighted by Gasteiger charge is -2.40. The number of hydrogen-bond acceptors (Lipinski definition) is 2. The van der Waals surface area contributed by atoms with E-state index in [0.29, 0.717) is 17.5 Å². The maximum Gasteiger partial charge on any atom is 0.321 e. The van der Waals surface area contributed by atoms with Gasteiger partial charge in [0.15, 0.2) is 0 Å². The number of hydrogen-bond donors (Lipinski definition) is 2. The van der Waals surface area contributed by atoms with E-state index in [9.17, 15) is 9.90 Å². The quantitative estimate of drug-likeness (QED) is 0.871. The third kappa shape index (κ3) is 2.95. The van der Waals surface area contributed by atoms with Crippen LogP contribution in [0.15, 0.2) is 24.3 Å². The lowest BCUT2D eigenvalue weighted by atomic mass is 9.69. The van der Waals surface area contributed by atoms with Crippen LogP contribution in [0.2, 0.25) is 5.02 Å². The first kappa shape index (κ1) is 15.6. The van der Waals surface area contributed by atoms with Gasteiger partial charge in [-0.25, -0.2) is 4.79 Å². The predicted octanol–water partition coefficient (Wildman–Crippen LogP) is 3.74. The molecule has 3 atom stereocenters. The van der Waals surface area contributed by atoms with Crippen LogP contribution in [0.1, 0.15) is 32.6 Å². The summed E-state index contributed by atoms with van der Waals surface area (Å²) in [7, 11) is 0. The zero-order chi connectivity index (χ0) is 15.7. The number of carbonyl (C=O) groups is 1. The molecule has 5 heteroatoms. The Balaban J connectivity index is 1.66. The van der Waals surface area contributed by atoms with E-state index < -0.39 is 5.60 Å². The summed E-state index contributed by atoms with van der Waals surface area (Å²) >= 11 is 5.85. The molecule has 1 saturated carbocycles. The highest BCUT2D eigenvalue weighted by Crippen LogP contribution is 2.44. The van der Waals surface area contributed by atoms with Crippen LogP contribution < -0.4 is 5.32 Å². The van der Waals surface area contributed by atoms with Gasteiger partial charge in [-0.2, -0.15) is 0 Å². The van der Waals surface area contributed by atoms with E-state index in [1.165, 1.54) is 0 Å². The molecule has 0 bridgehead atoms. The molecule has 22 heavy (non-hydrogen) atoms. The molecular weight excluding hydrogens is 300 g/mol. The number of halogens is 1. The molecule has 0 spiro atoms. The summed E-state index contributed by atoms with van der Waals surface area (Å²) in [5, 5.41) is 14.4. The van der Waals surface area contributed by atoms with Crippen molar-refractivity contribution in [1.29, 1.82) is 0 Å². The van der Waals surface area contributed by atoms with Crippen molar-refractivity contribution in [3.8, 4) is 0 Å². The number of likely N-dealkylation sites (tertiary alicyclic amines) is 1. The van der Waals surface area contributed by atoms with Gasteiger partial charge in [0.05, 0.1) is 5.60 Å². The van der Waals surface area contributed by atoms with Crippen LogP contribution in [0.3, 0.4) is 0 Å². The number of nitrogens with one attached hydrogen (secondary N) is 1. The zero-order valence-electron chi connectivity index (χ0n) is 12.9. The first-order chi connectivity index (χ1) is 10.5. The maximum absolute atomic E-state index is 12.4. The van der Waals surface area contributed by atoms with Crippen LogP contribution in [0.25, 0.3) is 0 Å². The highest BCUT2D eigenvalue weighted by atomic mass is 35.5. The number of rotatable bonds is 2. The highest BCUT2D eigenvalue weighted by Gasteiger charge is 2.48. The molecular formula is C17H23ClN2O2.